The second-order valence-corrected chi connectivity index (χ2v) is 23.6. The summed E-state index contributed by atoms with van der Waals surface area (Å²) in [6.45, 7) is 10.9. The van der Waals surface area contributed by atoms with Crippen molar-refractivity contribution in [1.82, 2.24) is 0 Å². The van der Waals surface area contributed by atoms with Crippen molar-refractivity contribution in [3.63, 3.8) is 0 Å². The van der Waals surface area contributed by atoms with E-state index in [-0.39, 0.29) is 42.1 Å². The third-order valence-electron chi connectivity index (χ3n) is 17.0. The van der Waals surface area contributed by atoms with Crippen LogP contribution in [0.1, 0.15) is 161 Å². The lowest BCUT2D eigenvalue weighted by atomic mass is 9.78. The average molecular weight is 1220 g/mol. The number of esters is 5. The van der Waals surface area contributed by atoms with Crippen LogP contribution in [0.4, 0.5) is 0 Å². The van der Waals surface area contributed by atoms with Crippen LogP contribution in [0.15, 0.2) is 121 Å². The highest BCUT2D eigenvalue weighted by atomic mass is 16.8. The van der Waals surface area contributed by atoms with Gasteiger partial charge in [-0.3, -0.25) is 4.79 Å². The molecule has 9 unspecified atom stereocenters. The van der Waals surface area contributed by atoms with Crippen LogP contribution in [0.25, 0.3) is 0 Å². The summed E-state index contributed by atoms with van der Waals surface area (Å²) in [5.41, 5.74) is 1.29. The van der Waals surface area contributed by atoms with Crippen LogP contribution < -0.4 is 0 Å². The van der Waals surface area contributed by atoms with Crippen LogP contribution >= 0.6 is 0 Å². The van der Waals surface area contributed by atoms with Crippen LogP contribution in [0.2, 0.25) is 0 Å². The number of unbranched alkanes of at least 4 members (excludes halogenated alkanes) is 3. The third-order valence-corrected chi connectivity index (χ3v) is 17.0. The molecule has 2 saturated carbocycles. The van der Waals surface area contributed by atoms with Crippen molar-refractivity contribution >= 4 is 29.8 Å². The molecule has 0 bridgehead atoms. The van der Waals surface area contributed by atoms with Crippen molar-refractivity contribution in [2.45, 2.75) is 211 Å². The standard InChI is InChI=1S/C70H92O18/c1-7-10-38-77-58-47(5)82-69(62(79-40-12-9-3)60(58)78-39-11-8-2)88-57-46(4)41-53(64(71)76-6)43-54(57)84-70-63(87-67(74)52-36-26-17-27-37-52)61(83-55(42-48-28-18-13-19-29-48)68(75)80-44-49-30-20-14-21-31-49)59(86-66(73)51-34-24-16-25-35-51)56(85-70)45-81-65(72)50-32-22-15-23-33-50/h14-17,20-27,30-37,46-48,53-63,69-70H,7-13,18-19,28-29,38-45H2,1-6H3/t46?,47?,53?,54-,55+,56?,57?,58-,59+,60?,61?,62?,63?,69+,70-/m1/s1. The van der Waals surface area contributed by atoms with Crippen molar-refractivity contribution < 1.29 is 85.6 Å². The van der Waals surface area contributed by atoms with Gasteiger partial charge in [0.15, 0.2) is 30.9 Å². The summed E-state index contributed by atoms with van der Waals surface area (Å²) in [5, 5.41) is 0. The fraction of sp³-hybridized carbons (Fsp3) is 0.586. The van der Waals surface area contributed by atoms with Gasteiger partial charge in [-0.05, 0) is 99.2 Å². The van der Waals surface area contributed by atoms with E-state index in [0.717, 1.165) is 76.2 Å². The van der Waals surface area contributed by atoms with Crippen molar-refractivity contribution in [3.8, 4) is 0 Å². The monoisotopic (exact) mass is 1220 g/mol. The average Bonchev–Trinajstić information content (AvgIpc) is 2.84. The van der Waals surface area contributed by atoms with E-state index in [4.69, 9.17) is 61.6 Å². The summed E-state index contributed by atoms with van der Waals surface area (Å²) in [5.74, 6) is -4.65. The number of carbonyl (C=O) groups is 5. The molecule has 8 rings (SSSR count). The molecule has 18 nitrogen and oxygen atoms in total. The van der Waals surface area contributed by atoms with Crippen LogP contribution in [0.5, 0.6) is 0 Å². The van der Waals surface area contributed by atoms with E-state index in [1.165, 1.54) is 7.11 Å². The molecule has 18 heteroatoms. The minimum absolute atomic E-state index is 0.0193. The fourth-order valence-electron chi connectivity index (χ4n) is 12.1. The molecule has 0 aromatic heterocycles. The van der Waals surface area contributed by atoms with Gasteiger partial charge in [0.2, 0.25) is 0 Å². The molecule has 0 N–H and O–H groups in total. The van der Waals surface area contributed by atoms with Crippen molar-refractivity contribution in [2.75, 3.05) is 33.5 Å². The molecule has 2 saturated heterocycles. The Hall–Kier alpha value is -6.09. The van der Waals surface area contributed by atoms with Gasteiger partial charge >= 0.3 is 29.8 Å². The Kier molecular flexibility index (Phi) is 27.2. The number of rotatable bonds is 31. The molecule has 4 aromatic rings. The van der Waals surface area contributed by atoms with Gasteiger partial charge in [0, 0.05) is 19.8 Å². The van der Waals surface area contributed by atoms with E-state index in [9.17, 15) is 24.0 Å². The van der Waals surface area contributed by atoms with Crippen LogP contribution in [0.3, 0.4) is 0 Å². The van der Waals surface area contributed by atoms with Crippen molar-refractivity contribution in [2.24, 2.45) is 17.8 Å². The first-order valence-electron chi connectivity index (χ1n) is 32.0. The SMILES string of the molecule is CCCCOC1C(OCCCC)[C@H](OCCCC)C(C)O[C@H]1OC1C(C)CC(C(=O)OC)C[C@H]1O[C@@H]1OC(COC(=O)c2ccccc2)[C@H](OC(=O)c2ccccc2)C(O[C@@H](CC2CCCCC2)C(=O)OCc2ccccc2)C1OC(=O)c1ccccc1. The van der Waals surface area contributed by atoms with E-state index < -0.39 is 128 Å². The van der Waals surface area contributed by atoms with Crippen molar-refractivity contribution in [1.29, 1.82) is 0 Å². The van der Waals surface area contributed by atoms with Crippen LogP contribution in [0, 0.1) is 17.8 Å². The van der Waals surface area contributed by atoms with E-state index in [1.807, 2.05) is 44.2 Å². The zero-order chi connectivity index (χ0) is 62.2. The second-order valence-electron chi connectivity index (χ2n) is 23.6. The predicted molar refractivity (Wildman–Crippen MR) is 325 cm³/mol. The van der Waals surface area contributed by atoms with E-state index in [2.05, 4.69) is 20.8 Å². The molecule has 4 aromatic carbocycles. The Morgan fingerprint density at radius 2 is 1.06 bits per heavy atom. The van der Waals surface area contributed by atoms with Gasteiger partial charge < -0.3 is 61.6 Å². The quantitative estimate of drug-likeness (QED) is 0.0261. The third kappa shape index (κ3) is 19.2. The van der Waals surface area contributed by atoms with Gasteiger partial charge in [-0.1, -0.05) is 164 Å². The van der Waals surface area contributed by atoms with Gasteiger partial charge in [-0.2, -0.15) is 0 Å². The molecule has 2 aliphatic carbocycles. The first-order valence-corrected chi connectivity index (χ1v) is 32.0. The zero-order valence-corrected chi connectivity index (χ0v) is 52.1. The maximum atomic E-state index is 14.9. The number of hydrogen-bond donors (Lipinski definition) is 0. The maximum absolute atomic E-state index is 14.9. The number of ether oxygens (including phenoxy) is 13. The Morgan fingerprint density at radius 1 is 0.534 bits per heavy atom. The van der Waals surface area contributed by atoms with Crippen molar-refractivity contribution in [3.05, 3.63) is 144 Å². The molecule has 2 heterocycles. The molecule has 2 aliphatic heterocycles. The molecule has 4 aliphatic rings. The Balaban J connectivity index is 1.25. The molecule has 0 radical (unpaired) electrons. The second kappa shape index (κ2) is 35.3. The molecular formula is C70H92O18. The maximum Gasteiger partial charge on any atom is 0.338 e. The van der Waals surface area contributed by atoms with Gasteiger partial charge in [0.1, 0.15) is 43.7 Å². The summed E-state index contributed by atoms with van der Waals surface area (Å²) >= 11 is 0. The lowest BCUT2D eigenvalue weighted by Gasteiger charge is -2.50. The number of benzene rings is 4. The normalized spacial score (nSPS) is 27.8. The smallest absolute Gasteiger partial charge is 0.338 e. The molecule has 15 atom stereocenters. The first-order chi connectivity index (χ1) is 42.9. The molecule has 0 spiro atoms. The van der Waals surface area contributed by atoms with E-state index >= 15 is 0 Å². The Bertz CT molecular complexity index is 2710. The van der Waals surface area contributed by atoms with Gasteiger partial charge in [-0.15, -0.1) is 0 Å². The lowest BCUT2D eigenvalue weighted by Crippen LogP contribution is -2.65. The highest BCUT2D eigenvalue weighted by molar-refractivity contribution is 5.90. The highest BCUT2D eigenvalue weighted by Crippen LogP contribution is 2.41. The Labute approximate surface area is 519 Å². The van der Waals surface area contributed by atoms with Gasteiger partial charge in [0.05, 0.1) is 48.0 Å². The van der Waals surface area contributed by atoms with Gasteiger partial charge in [-0.25, -0.2) is 19.2 Å². The molecule has 0 amide bonds. The highest BCUT2D eigenvalue weighted by Gasteiger charge is 2.57. The number of carbonyl (C=O) groups excluding carboxylic acids is 5. The van der Waals surface area contributed by atoms with E-state index in [1.54, 1.807) is 91.0 Å². The van der Waals surface area contributed by atoms with E-state index in [0.29, 0.717) is 26.2 Å². The minimum Gasteiger partial charge on any atom is -0.469 e. The van der Waals surface area contributed by atoms with Crippen LogP contribution in [-0.2, 0) is 77.8 Å². The molecule has 4 fully saturated rings. The topological polar surface area (TPSA) is 205 Å². The summed E-state index contributed by atoms with van der Waals surface area (Å²) in [4.78, 5) is 72.3. The fourth-order valence-corrected chi connectivity index (χ4v) is 12.1. The zero-order valence-electron chi connectivity index (χ0n) is 52.1. The Morgan fingerprint density at radius 3 is 1.62 bits per heavy atom. The molecule has 480 valence electrons. The summed E-state index contributed by atoms with van der Waals surface area (Å²) in [6.07, 6.45) is -4.41. The van der Waals surface area contributed by atoms with Crippen LogP contribution in [-0.4, -0.2) is 143 Å². The number of methoxy groups -OCH3 is 1. The lowest BCUT2D eigenvalue weighted by molar-refractivity contribution is -0.355. The molecular weight excluding hydrogens is 1130 g/mol. The van der Waals surface area contributed by atoms with Gasteiger partial charge in [0.25, 0.3) is 0 Å². The largest absolute Gasteiger partial charge is 0.469 e. The molecule has 88 heavy (non-hydrogen) atoms. The summed E-state index contributed by atoms with van der Waals surface area (Å²) < 4.78 is 86.4. The summed E-state index contributed by atoms with van der Waals surface area (Å²) in [7, 11) is 1.33. The minimum atomic E-state index is -1.68. The summed E-state index contributed by atoms with van der Waals surface area (Å²) in [6, 6.07) is 34.2. The first kappa shape index (κ1) is 67.8. The predicted octanol–water partition coefficient (Wildman–Crippen LogP) is 11.8. The number of hydrogen-bond acceptors (Lipinski definition) is 18.